The number of aryl methyl sites for hydroxylation is 1. The number of nitrogens with two attached hydrogens (primary N) is 1. The second kappa shape index (κ2) is 7.00. The van der Waals surface area contributed by atoms with E-state index in [1.807, 2.05) is 0 Å². The van der Waals surface area contributed by atoms with E-state index in [-0.39, 0.29) is 34.0 Å². The SMILES string of the molecule is CC(=O)c1c(C)oc(NC(=O)c2ccc(NS(C)(=O)=O)cc2)c1C(N)=O. The molecular formula is C16H17N3O6S. The molecule has 0 unspecified atom stereocenters. The highest BCUT2D eigenvalue weighted by Gasteiger charge is 2.26. The van der Waals surface area contributed by atoms with Gasteiger partial charge in [0.1, 0.15) is 11.3 Å². The van der Waals surface area contributed by atoms with Crippen LogP contribution in [0, 0.1) is 6.92 Å². The van der Waals surface area contributed by atoms with Crippen molar-refractivity contribution in [1.29, 1.82) is 0 Å². The summed E-state index contributed by atoms with van der Waals surface area (Å²) < 4.78 is 29.9. The number of ketones is 1. The Morgan fingerprint density at radius 2 is 1.65 bits per heavy atom. The maximum absolute atomic E-state index is 12.3. The van der Waals surface area contributed by atoms with Crippen molar-refractivity contribution in [3.05, 3.63) is 46.7 Å². The first-order valence-corrected chi connectivity index (χ1v) is 9.22. The standard InChI is InChI=1S/C16H17N3O6S/c1-8(20)12-9(2)25-16(13(12)14(17)21)18-15(22)10-4-6-11(7-5-10)19-26(3,23)24/h4-7,19H,1-3H3,(H2,17,21)(H,18,22). The topological polar surface area (TPSA) is 149 Å². The van der Waals surface area contributed by atoms with Gasteiger partial charge >= 0.3 is 0 Å². The normalized spacial score (nSPS) is 11.0. The van der Waals surface area contributed by atoms with Gasteiger partial charge in [-0.3, -0.25) is 24.4 Å². The Hall–Kier alpha value is -3.14. The van der Waals surface area contributed by atoms with Crippen LogP contribution in [0.3, 0.4) is 0 Å². The third kappa shape index (κ3) is 4.28. The van der Waals surface area contributed by atoms with Gasteiger partial charge in [-0.25, -0.2) is 8.42 Å². The molecular weight excluding hydrogens is 362 g/mol. The van der Waals surface area contributed by atoms with Crippen molar-refractivity contribution in [2.75, 3.05) is 16.3 Å². The van der Waals surface area contributed by atoms with Crippen LogP contribution in [-0.4, -0.2) is 32.3 Å². The summed E-state index contributed by atoms with van der Waals surface area (Å²) >= 11 is 0. The molecule has 1 heterocycles. The van der Waals surface area contributed by atoms with Crippen LogP contribution in [0.2, 0.25) is 0 Å². The van der Waals surface area contributed by atoms with E-state index < -0.39 is 27.6 Å². The number of hydrogen-bond donors (Lipinski definition) is 3. The van der Waals surface area contributed by atoms with Crippen molar-refractivity contribution >= 4 is 39.2 Å². The highest BCUT2D eigenvalue weighted by atomic mass is 32.2. The van der Waals surface area contributed by atoms with Crippen molar-refractivity contribution < 1.29 is 27.2 Å². The van der Waals surface area contributed by atoms with Crippen LogP contribution < -0.4 is 15.8 Å². The van der Waals surface area contributed by atoms with Crippen molar-refractivity contribution in [2.45, 2.75) is 13.8 Å². The van der Waals surface area contributed by atoms with Gasteiger partial charge in [0.05, 0.1) is 11.8 Å². The average molecular weight is 379 g/mol. The first kappa shape index (κ1) is 19.2. The van der Waals surface area contributed by atoms with Gasteiger partial charge in [-0.1, -0.05) is 0 Å². The summed E-state index contributed by atoms with van der Waals surface area (Å²) in [6.45, 7) is 2.73. The summed E-state index contributed by atoms with van der Waals surface area (Å²) in [5.41, 5.74) is 5.58. The van der Waals surface area contributed by atoms with Crippen LogP contribution in [0.15, 0.2) is 28.7 Å². The largest absolute Gasteiger partial charge is 0.444 e. The number of amides is 2. The first-order chi connectivity index (χ1) is 12.0. The summed E-state index contributed by atoms with van der Waals surface area (Å²) in [6.07, 6.45) is 1.00. The van der Waals surface area contributed by atoms with Crippen LogP contribution in [0.1, 0.15) is 43.8 Å². The third-order valence-electron chi connectivity index (χ3n) is 3.36. The molecule has 26 heavy (non-hydrogen) atoms. The lowest BCUT2D eigenvalue weighted by Gasteiger charge is -2.06. The Bertz CT molecular complexity index is 990. The summed E-state index contributed by atoms with van der Waals surface area (Å²) in [4.78, 5) is 35.7. The van der Waals surface area contributed by atoms with Gasteiger partial charge in [0.25, 0.3) is 11.8 Å². The molecule has 0 atom stereocenters. The monoisotopic (exact) mass is 379 g/mol. The van der Waals surface area contributed by atoms with E-state index in [4.69, 9.17) is 10.2 Å². The van der Waals surface area contributed by atoms with Crippen LogP contribution in [0.5, 0.6) is 0 Å². The van der Waals surface area contributed by atoms with Gasteiger partial charge in [0, 0.05) is 11.3 Å². The Labute approximate surface area is 149 Å². The molecule has 0 spiro atoms. The molecule has 1 aromatic heterocycles. The van der Waals surface area contributed by atoms with Crippen LogP contribution >= 0.6 is 0 Å². The van der Waals surface area contributed by atoms with Crippen LogP contribution in [-0.2, 0) is 10.0 Å². The molecule has 0 fully saturated rings. The molecule has 9 nitrogen and oxygen atoms in total. The summed E-state index contributed by atoms with van der Waals surface area (Å²) in [5.74, 6) is -2.01. The number of nitrogens with one attached hydrogen (secondary N) is 2. The van der Waals surface area contributed by atoms with Gasteiger partial charge in [0.15, 0.2) is 5.78 Å². The van der Waals surface area contributed by atoms with Crippen molar-refractivity contribution in [3.63, 3.8) is 0 Å². The zero-order valence-electron chi connectivity index (χ0n) is 14.2. The van der Waals surface area contributed by atoms with E-state index in [1.54, 1.807) is 0 Å². The highest BCUT2D eigenvalue weighted by Crippen LogP contribution is 2.27. The predicted octanol–water partition coefficient (Wildman–Crippen LogP) is 1.51. The van der Waals surface area contributed by atoms with Crippen molar-refractivity contribution in [2.24, 2.45) is 5.73 Å². The molecule has 4 N–H and O–H groups in total. The van der Waals surface area contributed by atoms with Gasteiger partial charge in [-0.05, 0) is 38.1 Å². The lowest BCUT2D eigenvalue weighted by molar-refractivity contribution is 0.0974. The Morgan fingerprint density at radius 1 is 1.08 bits per heavy atom. The molecule has 0 saturated carbocycles. The van der Waals surface area contributed by atoms with Gasteiger partial charge in [0.2, 0.25) is 15.9 Å². The molecule has 0 aliphatic carbocycles. The van der Waals surface area contributed by atoms with E-state index >= 15 is 0 Å². The smallest absolute Gasteiger partial charge is 0.257 e. The number of primary amides is 1. The molecule has 0 aliphatic heterocycles. The van der Waals surface area contributed by atoms with E-state index in [2.05, 4.69) is 10.0 Å². The second-order valence-electron chi connectivity index (χ2n) is 5.56. The first-order valence-electron chi connectivity index (χ1n) is 7.33. The van der Waals surface area contributed by atoms with E-state index in [1.165, 1.54) is 38.1 Å². The number of anilines is 2. The molecule has 0 radical (unpaired) electrons. The van der Waals surface area contributed by atoms with E-state index in [0.717, 1.165) is 6.26 Å². The minimum absolute atomic E-state index is 0.0144. The van der Waals surface area contributed by atoms with Crippen LogP contribution in [0.25, 0.3) is 0 Å². The predicted molar refractivity (Wildman–Crippen MR) is 94.8 cm³/mol. The van der Waals surface area contributed by atoms with E-state index in [0.29, 0.717) is 0 Å². The molecule has 10 heteroatoms. The molecule has 1 aromatic carbocycles. The minimum Gasteiger partial charge on any atom is -0.444 e. The number of rotatable bonds is 6. The van der Waals surface area contributed by atoms with Gasteiger partial charge < -0.3 is 10.2 Å². The summed E-state index contributed by atoms with van der Waals surface area (Å²) in [5, 5.41) is 2.39. The number of Topliss-reactive ketones (excluding diaryl/α,β-unsaturated/α-hetero) is 1. The van der Waals surface area contributed by atoms with Crippen LogP contribution in [0.4, 0.5) is 11.6 Å². The summed E-state index contributed by atoms with van der Waals surface area (Å²) in [7, 11) is -3.43. The van der Waals surface area contributed by atoms with Crippen molar-refractivity contribution in [3.8, 4) is 0 Å². The number of carbonyl (C=O) groups excluding carboxylic acids is 3. The fraction of sp³-hybridized carbons (Fsp3) is 0.188. The van der Waals surface area contributed by atoms with Gasteiger partial charge in [-0.15, -0.1) is 0 Å². The molecule has 0 saturated heterocycles. The second-order valence-corrected chi connectivity index (χ2v) is 7.31. The third-order valence-corrected chi connectivity index (χ3v) is 3.97. The highest BCUT2D eigenvalue weighted by molar-refractivity contribution is 7.92. The molecule has 2 amide bonds. The maximum Gasteiger partial charge on any atom is 0.257 e. The zero-order valence-corrected chi connectivity index (χ0v) is 15.1. The molecule has 0 aliphatic rings. The quantitative estimate of drug-likeness (QED) is 0.648. The van der Waals surface area contributed by atoms with Gasteiger partial charge in [-0.2, -0.15) is 0 Å². The lowest BCUT2D eigenvalue weighted by atomic mass is 10.1. The number of furan rings is 1. The number of carbonyl (C=O) groups is 3. The fourth-order valence-electron chi connectivity index (χ4n) is 2.37. The number of hydrogen-bond acceptors (Lipinski definition) is 6. The zero-order chi connectivity index (χ0) is 19.6. The Kier molecular flexibility index (Phi) is 5.17. The number of sulfonamides is 1. The molecule has 2 aromatic rings. The average Bonchev–Trinajstić information content (AvgIpc) is 2.82. The fourth-order valence-corrected chi connectivity index (χ4v) is 2.93. The Balaban J connectivity index is 2.29. The molecule has 0 bridgehead atoms. The Morgan fingerprint density at radius 3 is 2.12 bits per heavy atom. The lowest BCUT2D eigenvalue weighted by Crippen LogP contribution is -2.19. The van der Waals surface area contributed by atoms with Crippen molar-refractivity contribution in [1.82, 2.24) is 0 Å². The number of benzene rings is 1. The minimum atomic E-state index is -3.43. The van der Waals surface area contributed by atoms with E-state index in [9.17, 15) is 22.8 Å². The summed E-state index contributed by atoms with van der Waals surface area (Å²) in [6, 6.07) is 5.57. The molecule has 2 rings (SSSR count). The molecule has 138 valence electrons. The maximum atomic E-state index is 12.3.